The summed E-state index contributed by atoms with van der Waals surface area (Å²) < 4.78 is 8.99. The lowest BCUT2D eigenvalue weighted by Crippen LogP contribution is -2.24. The minimum atomic E-state index is -1.14. The molecule has 0 amide bonds. The maximum Gasteiger partial charge on any atom is 0.331 e. The highest BCUT2D eigenvalue weighted by Gasteiger charge is 2.20. The zero-order chi connectivity index (χ0) is 14.0. The molecule has 100 valence electrons. The van der Waals surface area contributed by atoms with Crippen LogP contribution in [0, 0.1) is 0 Å². The van der Waals surface area contributed by atoms with Gasteiger partial charge in [0.1, 0.15) is 6.10 Å². The van der Waals surface area contributed by atoms with Gasteiger partial charge in [-0.15, -0.1) is 0 Å². The van der Waals surface area contributed by atoms with Gasteiger partial charge in [-0.05, 0) is 19.3 Å². The first-order valence-corrected chi connectivity index (χ1v) is 5.31. The largest absolute Gasteiger partial charge is 0.478 e. The third kappa shape index (κ3) is 8.09. The highest BCUT2D eigenvalue weighted by molar-refractivity contribution is 5.90. The van der Waals surface area contributed by atoms with E-state index in [0.717, 1.165) is 37.5 Å². The quantitative estimate of drug-likeness (QED) is 0.597. The lowest BCUT2D eigenvalue weighted by molar-refractivity contribution is -0.147. The summed E-state index contributed by atoms with van der Waals surface area (Å²) in [6.07, 6.45) is 5.71. The van der Waals surface area contributed by atoms with Crippen molar-refractivity contribution in [3.8, 4) is 0 Å². The Balaban J connectivity index is 0.000000411. The summed E-state index contributed by atoms with van der Waals surface area (Å²) in [6.45, 7) is 3.16. The molecule has 0 aromatic heterocycles. The Bertz CT molecular complexity index is 340. The Morgan fingerprint density at radius 1 is 1.22 bits per heavy atom. The van der Waals surface area contributed by atoms with Crippen LogP contribution in [0.2, 0.25) is 0 Å². The molecule has 1 aliphatic rings. The predicted octanol–water partition coefficient (Wildman–Crippen LogP) is 1.07. The van der Waals surface area contributed by atoms with Gasteiger partial charge in [-0.25, -0.2) is 14.4 Å². The normalized spacial score (nSPS) is 13.8. The second kappa shape index (κ2) is 8.98. The molecule has 0 radical (unpaired) electrons. The lowest BCUT2D eigenvalue weighted by Gasteiger charge is -2.24. The van der Waals surface area contributed by atoms with E-state index >= 15 is 0 Å². The average molecular weight is 256 g/mol. The molecule has 0 heterocycles. The van der Waals surface area contributed by atoms with Gasteiger partial charge in [-0.1, -0.05) is 6.58 Å². The summed E-state index contributed by atoms with van der Waals surface area (Å²) in [5.41, 5.74) is 0. The predicted molar refractivity (Wildman–Crippen MR) is 62.7 cm³/mol. The van der Waals surface area contributed by atoms with Crippen LogP contribution in [-0.4, -0.2) is 36.2 Å². The third-order valence-corrected chi connectivity index (χ3v) is 2.06. The number of methoxy groups -OCH3 is 1. The number of aliphatic carboxylic acids is 1. The van der Waals surface area contributed by atoms with Gasteiger partial charge in [-0.3, -0.25) is 0 Å². The van der Waals surface area contributed by atoms with Gasteiger partial charge in [0.25, 0.3) is 0 Å². The number of hydrogen-bond donors (Lipinski definition) is 1. The Hall–Kier alpha value is -2.11. The van der Waals surface area contributed by atoms with E-state index in [2.05, 4.69) is 11.3 Å². The topological polar surface area (TPSA) is 89.9 Å². The number of esters is 2. The molecule has 0 saturated heterocycles. The first-order chi connectivity index (χ1) is 8.49. The molecule has 0 atom stereocenters. The maximum atomic E-state index is 10.8. The number of carboxylic acid groups (broad SMARTS) is 1. The second-order valence-electron chi connectivity index (χ2n) is 3.39. The Morgan fingerprint density at radius 2 is 1.83 bits per heavy atom. The number of carbonyl (C=O) groups is 3. The minimum absolute atomic E-state index is 0.0101. The van der Waals surface area contributed by atoms with Crippen LogP contribution < -0.4 is 0 Å². The summed E-state index contributed by atoms with van der Waals surface area (Å²) in [6, 6.07) is 0. The standard InChI is InChI=1S/C8H10O4.C4H6O2/c9-7(10)4-5-8(11)12-6-2-1-3-6;1-3-4(5)6-2/h4-6H,1-3H2,(H,9,10);3H,1H2,2H3/b5-4-;. The molecule has 0 aromatic carbocycles. The summed E-state index contributed by atoms with van der Waals surface area (Å²) in [4.78, 5) is 30.6. The summed E-state index contributed by atoms with van der Waals surface area (Å²) >= 11 is 0. The molecule has 1 saturated carbocycles. The van der Waals surface area contributed by atoms with Gasteiger partial charge >= 0.3 is 17.9 Å². The van der Waals surface area contributed by atoms with Crippen LogP contribution in [0.5, 0.6) is 0 Å². The Labute approximate surface area is 105 Å². The fourth-order valence-electron chi connectivity index (χ4n) is 0.915. The molecule has 1 rings (SSSR count). The van der Waals surface area contributed by atoms with Gasteiger partial charge in [-0.2, -0.15) is 0 Å². The van der Waals surface area contributed by atoms with Crippen molar-refractivity contribution >= 4 is 17.9 Å². The van der Waals surface area contributed by atoms with Crippen molar-refractivity contribution in [3.05, 3.63) is 24.8 Å². The van der Waals surface area contributed by atoms with Crippen molar-refractivity contribution in [2.45, 2.75) is 25.4 Å². The summed E-state index contributed by atoms with van der Waals surface area (Å²) in [5.74, 6) is -2.10. The molecule has 18 heavy (non-hydrogen) atoms. The first kappa shape index (κ1) is 15.9. The molecule has 0 spiro atoms. The van der Waals surface area contributed by atoms with E-state index in [1.165, 1.54) is 7.11 Å². The number of carbonyl (C=O) groups excluding carboxylic acids is 2. The van der Waals surface area contributed by atoms with Gasteiger partial charge in [0.05, 0.1) is 7.11 Å². The zero-order valence-electron chi connectivity index (χ0n) is 10.1. The van der Waals surface area contributed by atoms with Crippen molar-refractivity contribution in [1.82, 2.24) is 0 Å². The highest BCUT2D eigenvalue weighted by atomic mass is 16.5. The van der Waals surface area contributed by atoms with Crippen LogP contribution in [0.1, 0.15) is 19.3 Å². The Kier molecular flexibility index (Phi) is 7.92. The Morgan fingerprint density at radius 3 is 2.11 bits per heavy atom. The molecule has 1 aliphatic carbocycles. The van der Waals surface area contributed by atoms with E-state index in [9.17, 15) is 14.4 Å². The molecule has 1 N–H and O–H groups in total. The smallest absolute Gasteiger partial charge is 0.331 e. The van der Waals surface area contributed by atoms with Crippen molar-refractivity contribution in [2.24, 2.45) is 0 Å². The van der Waals surface area contributed by atoms with Gasteiger partial charge in [0, 0.05) is 18.2 Å². The molecule has 0 aromatic rings. The fourth-order valence-corrected chi connectivity index (χ4v) is 0.915. The summed E-state index contributed by atoms with van der Waals surface area (Å²) in [5, 5.41) is 8.17. The van der Waals surface area contributed by atoms with Crippen LogP contribution in [0.3, 0.4) is 0 Å². The van der Waals surface area contributed by atoms with Gasteiger partial charge in [0.15, 0.2) is 0 Å². The number of ether oxygens (including phenoxy) is 2. The van der Waals surface area contributed by atoms with Crippen LogP contribution in [-0.2, 0) is 23.9 Å². The van der Waals surface area contributed by atoms with E-state index in [0.29, 0.717) is 0 Å². The van der Waals surface area contributed by atoms with E-state index < -0.39 is 17.9 Å². The molecule has 0 unspecified atom stereocenters. The minimum Gasteiger partial charge on any atom is -0.478 e. The van der Waals surface area contributed by atoms with Crippen LogP contribution in [0.15, 0.2) is 24.8 Å². The third-order valence-electron chi connectivity index (χ3n) is 2.06. The van der Waals surface area contributed by atoms with Crippen molar-refractivity contribution in [2.75, 3.05) is 7.11 Å². The maximum absolute atomic E-state index is 10.8. The fraction of sp³-hybridized carbons (Fsp3) is 0.417. The van der Waals surface area contributed by atoms with Crippen LogP contribution in [0.4, 0.5) is 0 Å². The first-order valence-electron chi connectivity index (χ1n) is 5.31. The molecule has 0 bridgehead atoms. The molecule has 6 nitrogen and oxygen atoms in total. The molecule has 6 heteroatoms. The van der Waals surface area contributed by atoms with Crippen molar-refractivity contribution in [1.29, 1.82) is 0 Å². The van der Waals surface area contributed by atoms with E-state index in [1.807, 2.05) is 0 Å². The van der Waals surface area contributed by atoms with E-state index in [4.69, 9.17) is 9.84 Å². The highest BCUT2D eigenvalue weighted by Crippen LogP contribution is 2.21. The number of hydrogen-bond acceptors (Lipinski definition) is 5. The second-order valence-corrected chi connectivity index (χ2v) is 3.39. The van der Waals surface area contributed by atoms with Crippen molar-refractivity contribution < 1.29 is 29.0 Å². The summed E-state index contributed by atoms with van der Waals surface area (Å²) in [7, 11) is 1.31. The molecular formula is C12H16O6. The monoisotopic (exact) mass is 256 g/mol. The van der Waals surface area contributed by atoms with Crippen LogP contribution >= 0.6 is 0 Å². The number of carboxylic acids is 1. The zero-order valence-corrected chi connectivity index (χ0v) is 10.1. The average Bonchev–Trinajstić information content (AvgIpc) is 2.31. The van der Waals surface area contributed by atoms with Crippen molar-refractivity contribution in [3.63, 3.8) is 0 Å². The van der Waals surface area contributed by atoms with E-state index in [1.54, 1.807) is 0 Å². The van der Waals surface area contributed by atoms with E-state index in [-0.39, 0.29) is 6.10 Å². The van der Waals surface area contributed by atoms with Crippen LogP contribution in [0.25, 0.3) is 0 Å². The molecular weight excluding hydrogens is 240 g/mol. The lowest BCUT2D eigenvalue weighted by atomic mass is 9.96. The molecule has 0 aliphatic heterocycles. The SMILES string of the molecule is C=CC(=O)OC.O=C(O)/C=C\C(=O)OC1CCC1. The van der Waals surface area contributed by atoms with Gasteiger partial charge in [0.2, 0.25) is 0 Å². The molecule has 1 fully saturated rings. The number of rotatable bonds is 4. The van der Waals surface area contributed by atoms with Gasteiger partial charge < -0.3 is 14.6 Å².